The number of benzene rings is 1. The lowest BCUT2D eigenvalue weighted by Crippen LogP contribution is -2.33. The zero-order valence-corrected chi connectivity index (χ0v) is 9.40. The fourth-order valence-electron chi connectivity index (χ4n) is 1.36. The van der Waals surface area contributed by atoms with Gasteiger partial charge in [-0.25, -0.2) is 0 Å². The third-order valence-electron chi connectivity index (χ3n) is 2.22. The van der Waals surface area contributed by atoms with Gasteiger partial charge in [-0.05, 0) is 25.5 Å². The van der Waals surface area contributed by atoms with Crippen molar-refractivity contribution in [3.8, 4) is 5.75 Å². The minimum absolute atomic E-state index is 0.102. The second kappa shape index (κ2) is 5.30. The van der Waals surface area contributed by atoms with Gasteiger partial charge in [0.15, 0.2) is 11.9 Å². The molecule has 0 fully saturated rings. The summed E-state index contributed by atoms with van der Waals surface area (Å²) < 4.78 is 5.42. The zero-order valence-electron chi connectivity index (χ0n) is 9.40. The average molecular weight is 221 g/mol. The van der Waals surface area contributed by atoms with Crippen LogP contribution in [0.2, 0.25) is 0 Å². The smallest absolute Gasteiger partial charge is 0.258 e. The van der Waals surface area contributed by atoms with Crippen molar-refractivity contribution < 1.29 is 14.3 Å². The van der Waals surface area contributed by atoms with Crippen LogP contribution in [0.5, 0.6) is 5.75 Å². The quantitative estimate of drug-likeness (QED) is 0.766. The van der Waals surface area contributed by atoms with Crippen LogP contribution < -0.4 is 10.5 Å². The van der Waals surface area contributed by atoms with Gasteiger partial charge in [-0.2, -0.15) is 0 Å². The van der Waals surface area contributed by atoms with Crippen LogP contribution in [0.15, 0.2) is 24.3 Å². The molecule has 2 N–H and O–H groups in total. The van der Waals surface area contributed by atoms with E-state index < -0.39 is 12.0 Å². The molecule has 0 saturated heterocycles. The lowest BCUT2D eigenvalue weighted by atomic mass is 10.1. The van der Waals surface area contributed by atoms with Crippen LogP contribution in [0.25, 0.3) is 0 Å². The first kappa shape index (κ1) is 12.2. The maximum atomic E-state index is 11.3. The zero-order chi connectivity index (χ0) is 12.1. The van der Waals surface area contributed by atoms with Crippen LogP contribution >= 0.6 is 0 Å². The summed E-state index contributed by atoms with van der Waals surface area (Å²) in [6.45, 7) is 3.25. The Bertz CT molecular complexity index is 401. The van der Waals surface area contributed by atoms with Gasteiger partial charge in [0.1, 0.15) is 5.75 Å². The largest absolute Gasteiger partial charge is 0.480 e. The molecule has 0 aliphatic carbocycles. The SMILES string of the molecule is CCC(Oc1ccccc1C(C)=O)C(N)=O. The molecule has 86 valence electrons. The van der Waals surface area contributed by atoms with Gasteiger partial charge in [-0.3, -0.25) is 9.59 Å². The van der Waals surface area contributed by atoms with E-state index in [-0.39, 0.29) is 5.78 Å². The predicted molar refractivity (Wildman–Crippen MR) is 60.3 cm³/mol. The number of Topliss-reactive ketones (excluding diaryl/α,β-unsaturated/α-hetero) is 1. The van der Waals surface area contributed by atoms with Crippen LogP contribution in [0.3, 0.4) is 0 Å². The third-order valence-corrected chi connectivity index (χ3v) is 2.22. The number of amides is 1. The summed E-state index contributed by atoms with van der Waals surface area (Å²) in [6.07, 6.45) is -0.220. The molecule has 0 aliphatic heterocycles. The molecule has 0 bridgehead atoms. The number of para-hydroxylation sites is 1. The summed E-state index contributed by atoms with van der Waals surface area (Å²) in [6, 6.07) is 6.80. The Labute approximate surface area is 94.4 Å². The number of ketones is 1. The molecule has 4 nitrogen and oxygen atoms in total. The van der Waals surface area contributed by atoms with Gasteiger partial charge >= 0.3 is 0 Å². The number of carbonyl (C=O) groups is 2. The van der Waals surface area contributed by atoms with Gasteiger partial charge in [0.25, 0.3) is 5.91 Å². The maximum Gasteiger partial charge on any atom is 0.258 e. The second-order valence-corrected chi connectivity index (χ2v) is 3.47. The Morgan fingerprint density at radius 2 is 2.00 bits per heavy atom. The fourth-order valence-corrected chi connectivity index (χ4v) is 1.36. The van der Waals surface area contributed by atoms with E-state index in [0.717, 1.165) is 0 Å². The molecule has 1 unspecified atom stereocenters. The fraction of sp³-hybridized carbons (Fsp3) is 0.333. The standard InChI is InChI=1S/C12H15NO3/c1-3-10(12(13)15)16-11-7-5-4-6-9(11)8(2)14/h4-7,10H,3H2,1-2H3,(H2,13,15). The van der Waals surface area contributed by atoms with Crippen molar-refractivity contribution in [2.24, 2.45) is 5.73 Å². The first-order chi connectivity index (χ1) is 7.56. The Kier molecular flexibility index (Phi) is 4.05. The van der Waals surface area contributed by atoms with Crippen molar-refractivity contribution >= 4 is 11.7 Å². The lowest BCUT2D eigenvalue weighted by molar-refractivity contribution is -0.124. The predicted octanol–water partition coefficient (Wildman–Crippen LogP) is 1.53. The molecule has 0 heterocycles. The van der Waals surface area contributed by atoms with Gasteiger partial charge in [0, 0.05) is 0 Å². The third kappa shape index (κ3) is 2.82. The Morgan fingerprint density at radius 3 is 2.50 bits per heavy atom. The number of carbonyl (C=O) groups excluding carboxylic acids is 2. The van der Waals surface area contributed by atoms with E-state index in [0.29, 0.717) is 17.7 Å². The average Bonchev–Trinajstić information content (AvgIpc) is 2.25. The van der Waals surface area contributed by atoms with Gasteiger partial charge in [-0.1, -0.05) is 19.1 Å². The molecule has 1 atom stereocenters. The summed E-state index contributed by atoms with van der Waals surface area (Å²) in [4.78, 5) is 22.3. The van der Waals surface area contributed by atoms with Crippen LogP contribution in [-0.2, 0) is 4.79 Å². The van der Waals surface area contributed by atoms with Gasteiger partial charge in [0.2, 0.25) is 0 Å². The van der Waals surface area contributed by atoms with Crippen LogP contribution in [0.1, 0.15) is 30.6 Å². The summed E-state index contributed by atoms with van der Waals surface area (Å²) in [5.74, 6) is -0.226. The van der Waals surface area contributed by atoms with Crippen LogP contribution in [0.4, 0.5) is 0 Å². The minimum Gasteiger partial charge on any atom is -0.480 e. The molecule has 4 heteroatoms. The highest BCUT2D eigenvalue weighted by molar-refractivity contribution is 5.96. The molecule has 1 amide bonds. The molecular weight excluding hydrogens is 206 g/mol. The van der Waals surface area contributed by atoms with E-state index in [2.05, 4.69) is 0 Å². The molecule has 0 spiro atoms. The molecule has 1 aromatic carbocycles. The second-order valence-electron chi connectivity index (χ2n) is 3.47. The van der Waals surface area contributed by atoms with Crippen molar-refractivity contribution in [2.45, 2.75) is 26.4 Å². The molecule has 0 saturated carbocycles. The van der Waals surface area contributed by atoms with Gasteiger partial charge < -0.3 is 10.5 Å². The number of primary amides is 1. The van der Waals surface area contributed by atoms with Crippen molar-refractivity contribution in [2.75, 3.05) is 0 Å². The van der Waals surface area contributed by atoms with E-state index >= 15 is 0 Å². The topological polar surface area (TPSA) is 69.4 Å². The number of hydrogen-bond acceptors (Lipinski definition) is 3. The highest BCUT2D eigenvalue weighted by Gasteiger charge is 2.17. The van der Waals surface area contributed by atoms with Crippen molar-refractivity contribution in [1.29, 1.82) is 0 Å². The van der Waals surface area contributed by atoms with Crippen molar-refractivity contribution in [3.05, 3.63) is 29.8 Å². The van der Waals surface area contributed by atoms with E-state index in [4.69, 9.17) is 10.5 Å². The number of nitrogens with two attached hydrogens (primary N) is 1. The van der Waals surface area contributed by atoms with E-state index in [1.54, 1.807) is 31.2 Å². The summed E-state index contributed by atoms with van der Waals surface area (Å²) in [5.41, 5.74) is 5.63. The Morgan fingerprint density at radius 1 is 1.38 bits per heavy atom. The molecule has 0 aliphatic rings. The van der Waals surface area contributed by atoms with Gasteiger partial charge in [-0.15, -0.1) is 0 Å². The van der Waals surface area contributed by atoms with E-state index in [9.17, 15) is 9.59 Å². The highest BCUT2D eigenvalue weighted by atomic mass is 16.5. The highest BCUT2D eigenvalue weighted by Crippen LogP contribution is 2.20. The Balaban J connectivity index is 2.95. The summed E-state index contributed by atoms with van der Waals surface area (Å²) >= 11 is 0. The minimum atomic E-state index is -0.694. The molecule has 16 heavy (non-hydrogen) atoms. The van der Waals surface area contributed by atoms with Crippen LogP contribution in [0, 0.1) is 0 Å². The molecule has 0 aromatic heterocycles. The Hall–Kier alpha value is -1.84. The summed E-state index contributed by atoms with van der Waals surface area (Å²) in [7, 11) is 0. The van der Waals surface area contributed by atoms with Crippen LogP contribution in [-0.4, -0.2) is 17.8 Å². The molecule has 1 rings (SSSR count). The molecule has 0 radical (unpaired) electrons. The number of ether oxygens (including phenoxy) is 1. The lowest BCUT2D eigenvalue weighted by Gasteiger charge is -2.15. The maximum absolute atomic E-state index is 11.3. The molecule has 1 aromatic rings. The number of hydrogen-bond donors (Lipinski definition) is 1. The normalized spacial score (nSPS) is 11.9. The first-order valence-corrected chi connectivity index (χ1v) is 5.12. The van der Waals surface area contributed by atoms with E-state index in [1.165, 1.54) is 6.92 Å². The van der Waals surface area contributed by atoms with E-state index in [1.807, 2.05) is 0 Å². The van der Waals surface area contributed by atoms with Crippen molar-refractivity contribution in [1.82, 2.24) is 0 Å². The molecular formula is C12H15NO3. The number of rotatable bonds is 5. The first-order valence-electron chi connectivity index (χ1n) is 5.12. The van der Waals surface area contributed by atoms with Crippen molar-refractivity contribution in [3.63, 3.8) is 0 Å². The summed E-state index contributed by atoms with van der Waals surface area (Å²) in [5, 5.41) is 0. The monoisotopic (exact) mass is 221 g/mol. The van der Waals surface area contributed by atoms with Gasteiger partial charge in [0.05, 0.1) is 5.56 Å².